The largest absolute Gasteiger partial charge is 0.355 e. The van der Waals surface area contributed by atoms with Gasteiger partial charge in [0.25, 0.3) is 0 Å². The van der Waals surface area contributed by atoms with E-state index >= 15 is 0 Å². The molecule has 0 saturated carbocycles. The molecule has 2 aliphatic heterocycles. The molecule has 0 amide bonds. The van der Waals surface area contributed by atoms with E-state index in [1.807, 2.05) is 7.05 Å². The van der Waals surface area contributed by atoms with Gasteiger partial charge in [-0.05, 0) is 44.0 Å². The smallest absolute Gasteiger partial charge is 0.198 e. The molecule has 1 aromatic carbocycles. The van der Waals surface area contributed by atoms with Crippen LogP contribution in [0.25, 0.3) is 0 Å². The first kappa shape index (κ1) is 17.5. The fourth-order valence-electron chi connectivity index (χ4n) is 3.36. The van der Waals surface area contributed by atoms with Crippen molar-refractivity contribution in [2.24, 2.45) is 4.99 Å². The van der Waals surface area contributed by atoms with Crippen LogP contribution in [0.5, 0.6) is 0 Å². The highest BCUT2D eigenvalue weighted by Gasteiger charge is 2.22. The summed E-state index contributed by atoms with van der Waals surface area (Å²) >= 11 is 0. The molecule has 4 nitrogen and oxygen atoms in total. The molecule has 2 aliphatic rings. The summed E-state index contributed by atoms with van der Waals surface area (Å²) in [4.78, 5) is 9.33. The molecule has 0 atom stereocenters. The molecule has 0 bridgehead atoms. The van der Waals surface area contributed by atoms with Gasteiger partial charge in [0.05, 0.1) is 0 Å². The average molecular weight is 414 g/mol. The minimum atomic E-state index is 0. The van der Waals surface area contributed by atoms with E-state index in [0.29, 0.717) is 0 Å². The van der Waals surface area contributed by atoms with Gasteiger partial charge < -0.3 is 15.1 Å². The van der Waals surface area contributed by atoms with Gasteiger partial charge in [-0.3, -0.25) is 4.99 Å². The number of aliphatic imine (C=N–C) groups is 1. The minimum absolute atomic E-state index is 0. The summed E-state index contributed by atoms with van der Waals surface area (Å²) < 4.78 is 0. The van der Waals surface area contributed by atoms with E-state index in [2.05, 4.69) is 44.4 Å². The van der Waals surface area contributed by atoms with Gasteiger partial charge in [0.15, 0.2) is 5.96 Å². The number of rotatable bonds is 3. The topological polar surface area (TPSA) is 30.9 Å². The lowest BCUT2D eigenvalue weighted by Gasteiger charge is -2.28. The van der Waals surface area contributed by atoms with E-state index in [9.17, 15) is 0 Å². The Labute approximate surface area is 151 Å². The second kappa shape index (κ2) is 8.72. The predicted molar refractivity (Wildman–Crippen MR) is 105 cm³/mol. The number of nitrogens with zero attached hydrogens (tertiary/aromatic N) is 3. The first-order valence-corrected chi connectivity index (χ1v) is 8.17. The van der Waals surface area contributed by atoms with Crippen molar-refractivity contribution in [2.45, 2.75) is 25.7 Å². The van der Waals surface area contributed by atoms with Crippen LogP contribution in [0.2, 0.25) is 0 Å². The third-order valence-electron chi connectivity index (χ3n) is 4.51. The van der Waals surface area contributed by atoms with E-state index in [1.165, 1.54) is 43.6 Å². The van der Waals surface area contributed by atoms with Crippen LogP contribution in [0.15, 0.2) is 29.3 Å². The predicted octanol–water partition coefficient (Wildman–Crippen LogP) is 2.73. The first-order chi connectivity index (χ1) is 10.4. The average Bonchev–Trinajstić information content (AvgIpc) is 2.97. The number of likely N-dealkylation sites (tertiary alicyclic amines) is 1. The van der Waals surface area contributed by atoms with Gasteiger partial charge in [-0.1, -0.05) is 24.6 Å². The highest BCUT2D eigenvalue weighted by Crippen LogP contribution is 2.27. The van der Waals surface area contributed by atoms with Crippen molar-refractivity contribution in [2.75, 3.05) is 44.7 Å². The zero-order valence-electron chi connectivity index (χ0n) is 13.4. The van der Waals surface area contributed by atoms with Gasteiger partial charge in [-0.25, -0.2) is 0 Å². The van der Waals surface area contributed by atoms with Crippen LogP contribution in [-0.4, -0.2) is 50.6 Å². The van der Waals surface area contributed by atoms with Crippen LogP contribution >= 0.6 is 24.0 Å². The van der Waals surface area contributed by atoms with Crippen molar-refractivity contribution < 1.29 is 0 Å². The molecule has 0 aliphatic carbocycles. The van der Waals surface area contributed by atoms with Crippen LogP contribution in [-0.2, 0) is 6.42 Å². The summed E-state index contributed by atoms with van der Waals surface area (Å²) in [5, 5.41) is 3.53. The van der Waals surface area contributed by atoms with Crippen molar-refractivity contribution >= 4 is 35.6 Å². The highest BCUT2D eigenvalue weighted by molar-refractivity contribution is 14.0. The fourth-order valence-corrected chi connectivity index (χ4v) is 3.36. The number of hydrogen-bond donors (Lipinski definition) is 1. The van der Waals surface area contributed by atoms with E-state index in [4.69, 9.17) is 0 Å². The molecule has 0 unspecified atom stereocenters. The lowest BCUT2D eigenvalue weighted by Crippen LogP contribution is -2.44. The molecule has 22 heavy (non-hydrogen) atoms. The molecular weight excluding hydrogens is 387 g/mol. The van der Waals surface area contributed by atoms with Crippen molar-refractivity contribution in [3.63, 3.8) is 0 Å². The number of fused-ring (bicyclic) bond motifs is 1. The highest BCUT2D eigenvalue weighted by atomic mass is 127. The number of hydrogen-bond acceptors (Lipinski definition) is 2. The molecule has 1 aromatic rings. The lowest BCUT2D eigenvalue weighted by molar-refractivity contribution is 0.232. The van der Waals surface area contributed by atoms with E-state index in [0.717, 1.165) is 32.0 Å². The number of guanidine groups is 1. The number of anilines is 1. The lowest BCUT2D eigenvalue weighted by atomic mass is 10.1. The molecule has 0 aromatic heterocycles. The Kier molecular flexibility index (Phi) is 6.95. The van der Waals surface area contributed by atoms with E-state index < -0.39 is 0 Å². The first-order valence-electron chi connectivity index (χ1n) is 8.17. The van der Waals surface area contributed by atoms with Gasteiger partial charge >= 0.3 is 0 Å². The van der Waals surface area contributed by atoms with E-state index in [-0.39, 0.29) is 24.0 Å². The zero-order valence-corrected chi connectivity index (χ0v) is 15.8. The molecule has 3 rings (SSSR count). The SMILES string of the molecule is CN=C(NCCN1CCCCC1)N1CCc2ccccc21.I. The summed E-state index contributed by atoms with van der Waals surface area (Å²) in [6.07, 6.45) is 5.22. The Bertz CT molecular complexity index is 497. The Morgan fingerprint density at radius 1 is 1.14 bits per heavy atom. The van der Waals surface area contributed by atoms with Crippen LogP contribution < -0.4 is 10.2 Å². The molecule has 2 heterocycles. The van der Waals surface area contributed by atoms with Crippen LogP contribution in [0.4, 0.5) is 5.69 Å². The number of para-hydroxylation sites is 1. The van der Waals surface area contributed by atoms with Gasteiger partial charge in [0.1, 0.15) is 0 Å². The molecule has 1 saturated heterocycles. The fraction of sp³-hybridized carbons (Fsp3) is 0.588. The molecule has 5 heteroatoms. The number of halogens is 1. The second-order valence-corrected chi connectivity index (χ2v) is 5.91. The summed E-state index contributed by atoms with van der Waals surface area (Å²) in [7, 11) is 1.88. The maximum absolute atomic E-state index is 4.46. The number of piperidine rings is 1. The summed E-state index contributed by atoms with van der Waals surface area (Å²) in [5.41, 5.74) is 2.74. The third-order valence-corrected chi connectivity index (χ3v) is 4.51. The van der Waals surface area contributed by atoms with Gasteiger partial charge in [-0.15, -0.1) is 24.0 Å². The third kappa shape index (κ3) is 4.13. The van der Waals surface area contributed by atoms with Crippen LogP contribution in [0.3, 0.4) is 0 Å². The standard InChI is InChI=1S/C17H26N4.HI/c1-18-17(19-10-14-20-11-5-2-6-12-20)21-13-9-15-7-3-4-8-16(15)21;/h3-4,7-8H,2,5-6,9-14H2,1H3,(H,18,19);1H. The van der Waals surface area contributed by atoms with Crippen molar-refractivity contribution in [3.05, 3.63) is 29.8 Å². The maximum atomic E-state index is 4.46. The molecule has 0 radical (unpaired) electrons. The summed E-state index contributed by atoms with van der Waals surface area (Å²) in [6.45, 7) is 5.64. The quantitative estimate of drug-likeness (QED) is 0.469. The molecule has 1 fully saturated rings. The number of nitrogens with one attached hydrogen (secondary N) is 1. The summed E-state index contributed by atoms with van der Waals surface area (Å²) in [6, 6.07) is 8.64. The van der Waals surface area contributed by atoms with Crippen molar-refractivity contribution in [3.8, 4) is 0 Å². The zero-order chi connectivity index (χ0) is 14.5. The van der Waals surface area contributed by atoms with Crippen molar-refractivity contribution in [1.82, 2.24) is 10.2 Å². The summed E-state index contributed by atoms with van der Waals surface area (Å²) in [5.74, 6) is 1.01. The van der Waals surface area contributed by atoms with Crippen LogP contribution in [0, 0.1) is 0 Å². The van der Waals surface area contributed by atoms with Crippen molar-refractivity contribution in [1.29, 1.82) is 0 Å². The van der Waals surface area contributed by atoms with Crippen LogP contribution in [0.1, 0.15) is 24.8 Å². The normalized spacial score (nSPS) is 18.8. The number of benzene rings is 1. The van der Waals surface area contributed by atoms with Gasteiger partial charge in [-0.2, -0.15) is 0 Å². The Morgan fingerprint density at radius 2 is 1.91 bits per heavy atom. The molecule has 122 valence electrons. The van der Waals surface area contributed by atoms with Gasteiger partial charge in [0, 0.05) is 32.4 Å². The Balaban J connectivity index is 0.00000176. The molecule has 1 N–H and O–H groups in total. The Morgan fingerprint density at radius 3 is 2.68 bits per heavy atom. The second-order valence-electron chi connectivity index (χ2n) is 5.91. The minimum Gasteiger partial charge on any atom is -0.355 e. The maximum Gasteiger partial charge on any atom is 0.198 e. The van der Waals surface area contributed by atoms with Gasteiger partial charge in [0.2, 0.25) is 0 Å². The molecular formula is C17H27IN4. The van der Waals surface area contributed by atoms with E-state index in [1.54, 1.807) is 0 Å². The Hall–Kier alpha value is -0.820. The molecule has 0 spiro atoms. The monoisotopic (exact) mass is 414 g/mol.